The van der Waals surface area contributed by atoms with Crippen molar-refractivity contribution in [3.05, 3.63) is 0 Å². The van der Waals surface area contributed by atoms with Crippen LogP contribution in [0.1, 0.15) is 39.5 Å². The largest absolute Gasteiger partial charge is 0.395 e. The highest BCUT2D eigenvalue weighted by Crippen LogP contribution is 2.29. The number of hydrogen-bond acceptors (Lipinski definition) is 3. The number of aliphatic hydroxyl groups excluding tert-OH is 1. The molecule has 0 bridgehead atoms. The van der Waals surface area contributed by atoms with Gasteiger partial charge in [-0.2, -0.15) is 0 Å². The zero-order valence-corrected chi connectivity index (χ0v) is 11.8. The summed E-state index contributed by atoms with van der Waals surface area (Å²) in [6.07, 6.45) is 5.22. The summed E-state index contributed by atoms with van der Waals surface area (Å²) in [6.45, 7) is 7.92. The van der Waals surface area contributed by atoms with Crippen molar-refractivity contribution >= 4 is 0 Å². The fourth-order valence-electron chi connectivity index (χ4n) is 2.96. The van der Waals surface area contributed by atoms with Gasteiger partial charge >= 0.3 is 0 Å². The average Bonchev–Trinajstić information content (AvgIpc) is 2.28. The number of likely N-dealkylation sites (N-methyl/N-ethyl adjacent to an activating group) is 1. The van der Waals surface area contributed by atoms with Gasteiger partial charge in [0.25, 0.3) is 0 Å². The Hall–Kier alpha value is -0.120. The van der Waals surface area contributed by atoms with Crippen LogP contribution in [-0.4, -0.2) is 49.3 Å². The van der Waals surface area contributed by atoms with Crippen molar-refractivity contribution in [2.45, 2.75) is 45.6 Å². The van der Waals surface area contributed by atoms with Crippen LogP contribution < -0.4 is 5.32 Å². The molecule has 3 unspecified atom stereocenters. The van der Waals surface area contributed by atoms with Crippen LogP contribution in [0, 0.1) is 11.8 Å². The molecule has 3 heteroatoms. The number of aliphatic hydroxyl groups is 1. The lowest BCUT2D eigenvalue weighted by atomic mass is 9.78. The highest BCUT2D eigenvalue weighted by Gasteiger charge is 2.28. The van der Waals surface area contributed by atoms with E-state index in [0.717, 1.165) is 31.5 Å². The van der Waals surface area contributed by atoms with Crippen LogP contribution in [0.25, 0.3) is 0 Å². The van der Waals surface area contributed by atoms with Crippen molar-refractivity contribution in [3.63, 3.8) is 0 Å². The fourth-order valence-corrected chi connectivity index (χ4v) is 2.96. The van der Waals surface area contributed by atoms with Gasteiger partial charge in [0.1, 0.15) is 0 Å². The summed E-state index contributed by atoms with van der Waals surface area (Å²) < 4.78 is 0. The molecule has 1 saturated carbocycles. The molecule has 1 aliphatic rings. The Morgan fingerprint density at radius 2 is 2.12 bits per heavy atom. The van der Waals surface area contributed by atoms with E-state index in [1.165, 1.54) is 25.7 Å². The highest BCUT2D eigenvalue weighted by atomic mass is 16.3. The van der Waals surface area contributed by atoms with Gasteiger partial charge in [0, 0.05) is 19.1 Å². The lowest BCUT2D eigenvalue weighted by Gasteiger charge is -2.37. The fraction of sp³-hybridized carbons (Fsp3) is 1.00. The summed E-state index contributed by atoms with van der Waals surface area (Å²) >= 11 is 0. The van der Waals surface area contributed by atoms with Gasteiger partial charge in [-0.05, 0) is 51.1 Å². The Labute approximate surface area is 107 Å². The second-order valence-corrected chi connectivity index (χ2v) is 5.72. The third-order valence-corrected chi connectivity index (χ3v) is 3.93. The molecule has 0 spiro atoms. The molecular weight excluding hydrogens is 212 g/mol. The van der Waals surface area contributed by atoms with Crippen molar-refractivity contribution in [1.82, 2.24) is 10.2 Å². The van der Waals surface area contributed by atoms with Crippen molar-refractivity contribution < 1.29 is 5.11 Å². The molecule has 0 saturated heterocycles. The second kappa shape index (κ2) is 8.06. The van der Waals surface area contributed by atoms with E-state index in [1.807, 2.05) is 0 Å². The highest BCUT2D eigenvalue weighted by molar-refractivity contribution is 4.85. The molecule has 3 nitrogen and oxygen atoms in total. The molecule has 0 aromatic heterocycles. The van der Waals surface area contributed by atoms with Crippen molar-refractivity contribution in [3.8, 4) is 0 Å². The van der Waals surface area contributed by atoms with Crippen molar-refractivity contribution in [2.24, 2.45) is 11.8 Å². The first-order valence-electron chi connectivity index (χ1n) is 7.20. The van der Waals surface area contributed by atoms with Crippen LogP contribution in [0.15, 0.2) is 0 Å². The maximum atomic E-state index is 8.97. The lowest BCUT2D eigenvalue weighted by molar-refractivity contribution is 0.143. The van der Waals surface area contributed by atoms with Crippen LogP contribution in [0.4, 0.5) is 0 Å². The van der Waals surface area contributed by atoms with Gasteiger partial charge in [-0.3, -0.25) is 0 Å². The van der Waals surface area contributed by atoms with E-state index in [-0.39, 0.29) is 6.61 Å². The molecule has 0 radical (unpaired) electrons. The molecule has 1 aliphatic carbocycles. The zero-order chi connectivity index (χ0) is 12.7. The minimum Gasteiger partial charge on any atom is -0.395 e. The molecule has 1 fully saturated rings. The maximum Gasteiger partial charge on any atom is 0.0558 e. The lowest BCUT2D eigenvalue weighted by Crippen LogP contribution is -2.45. The van der Waals surface area contributed by atoms with Crippen LogP contribution in [0.5, 0.6) is 0 Å². The van der Waals surface area contributed by atoms with Gasteiger partial charge in [0.15, 0.2) is 0 Å². The molecule has 0 aliphatic heterocycles. The molecule has 2 N–H and O–H groups in total. The van der Waals surface area contributed by atoms with Gasteiger partial charge in [0.2, 0.25) is 0 Å². The summed E-state index contributed by atoms with van der Waals surface area (Å²) in [6, 6.07) is 0.687. The third-order valence-electron chi connectivity index (χ3n) is 3.93. The van der Waals surface area contributed by atoms with Crippen LogP contribution in [0.3, 0.4) is 0 Å². The summed E-state index contributed by atoms with van der Waals surface area (Å²) in [4.78, 5) is 2.27. The van der Waals surface area contributed by atoms with Crippen LogP contribution >= 0.6 is 0 Å². The van der Waals surface area contributed by atoms with E-state index in [2.05, 4.69) is 31.1 Å². The van der Waals surface area contributed by atoms with E-state index in [0.29, 0.717) is 6.04 Å². The minimum atomic E-state index is 0.270. The molecule has 17 heavy (non-hydrogen) atoms. The summed E-state index contributed by atoms with van der Waals surface area (Å²) in [7, 11) is 2.12. The predicted octanol–water partition coefficient (Wildman–Crippen LogP) is 1.71. The monoisotopic (exact) mass is 242 g/mol. The molecular formula is C14H30N2O. The molecule has 0 aromatic rings. The van der Waals surface area contributed by atoms with Gasteiger partial charge in [-0.15, -0.1) is 0 Å². The van der Waals surface area contributed by atoms with Crippen LogP contribution in [-0.2, 0) is 0 Å². The smallest absolute Gasteiger partial charge is 0.0558 e. The molecule has 0 amide bonds. The van der Waals surface area contributed by atoms with Crippen LogP contribution in [0.2, 0.25) is 0 Å². The van der Waals surface area contributed by atoms with E-state index in [1.54, 1.807) is 0 Å². The Balaban J connectivity index is 2.43. The number of nitrogens with one attached hydrogen (secondary N) is 1. The number of nitrogens with zero attached hydrogens (tertiary/aromatic N) is 1. The quantitative estimate of drug-likeness (QED) is 0.713. The first kappa shape index (κ1) is 14.9. The van der Waals surface area contributed by atoms with Gasteiger partial charge < -0.3 is 15.3 Å². The Kier molecular flexibility index (Phi) is 7.09. The molecule has 3 atom stereocenters. The first-order valence-corrected chi connectivity index (χ1v) is 7.20. The molecule has 102 valence electrons. The Morgan fingerprint density at radius 3 is 2.76 bits per heavy atom. The maximum absolute atomic E-state index is 8.97. The predicted molar refractivity (Wildman–Crippen MR) is 73.2 cm³/mol. The molecule has 1 rings (SSSR count). The molecule has 0 heterocycles. The SMILES string of the molecule is CCCNC1CCC(C)CC1CN(C)CCO. The number of hydrogen-bond donors (Lipinski definition) is 2. The van der Waals surface area contributed by atoms with E-state index < -0.39 is 0 Å². The van der Waals surface area contributed by atoms with Gasteiger partial charge in [0.05, 0.1) is 6.61 Å². The summed E-state index contributed by atoms with van der Waals surface area (Å²) in [5.74, 6) is 1.61. The van der Waals surface area contributed by atoms with Gasteiger partial charge in [-0.1, -0.05) is 13.8 Å². The van der Waals surface area contributed by atoms with E-state index in [4.69, 9.17) is 5.11 Å². The number of rotatable bonds is 7. The standard InChI is InChI=1S/C14H30N2O/c1-4-7-15-14-6-5-12(2)10-13(14)11-16(3)8-9-17/h12-15,17H,4-11H2,1-3H3. The third kappa shape index (κ3) is 5.36. The Morgan fingerprint density at radius 1 is 1.35 bits per heavy atom. The van der Waals surface area contributed by atoms with E-state index in [9.17, 15) is 0 Å². The zero-order valence-electron chi connectivity index (χ0n) is 11.8. The van der Waals surface area contributed by atoms with Gasteiger partial charge in [-0.25, -0.2) is 0 Å². The first-order chi connectivity index (χ1) is 8.17. The Bertz CT molecular complexity index is 197. The van der Waals surface area contributed by atoms with E-state index >= 15 is 0 Å². The molecule has 0 aromatic carbocycles. The average molecular weight is 242 g/mol. The van der Waals surface area contributed by atoms with Crippen molar-refractivity contribution in [2.75, 3.05) is 33.3 Å². The minimum absolute atomic E-state index is 0.270. The summed E-state index contributed by atoms with van der Waals surface area (Å²) in [5, 5.41) is 12.7. The topological polar surface area (TPSA) is 35.5 Å². The second-order valence-electron chi connectivity index (χ2n) is 5.72. The van der Waals surface area contributed by atoms with Crippen molar-refractivity contribution in [1.29, 1.82) is 0 Å². The summed E-state index contributed by atoms with van der Waals surface area (Å²) in [5.41, 5.74) is 0. The normalized spacial score (nSPS) is 29.8.